The minimum Gasteiger partial charge on any atom is -0.488 e. The smallest absolute Gasteiger partial charge is 0.488 e. The molecule has 2 aliphatic carbocycles. The molecule has 0 saturated heterocycles. The van der Waals surface area contributed by atoms with E-state index in [2.05, 4.69) is 16.0 Å². The van der Waals surface area contributed by atoms with Crippen molar-refractivity contribution in [2.45, 2.75) is 58.3 Å². The van der Waals surface area contributed by atoms with E-state index in [1.807, 2.05) is 47.9 Å². The van der Waals surface area contributed by atoms with E-state index in [9.17, 15) is 18.2 Å². The maximum Gasteiger partial charge on any atom is 0.678 e. The van der Waals surface area contributed by atoms with Gasteiger partial charge >= 0.3 is 7.40 Å². The number of hydrogen-bond acceptors (Lipinski definition) is 5. The number of halogens is 2. The van der Waals surface area contributed by atoms with E-state index in [0.29, 0.717) is 47.6 Å². The molecule has 1 saturated carbocycles. The maximum absolute atomic E-state index is 13.9. The maximum atomic E-state index is 13.9. The molecule has 2 unspecified atom stereocenters. The van der Waals surface area contributed by atoms with Crippen molar-refractivity contribution < 1.29 is 24.4 Å². The van der Waals surface area contributed by atoms with Gasteiger partial charge in [-0.15, -0.1) is 17.1 Å². The first-order valence-electron chi connectivity index (χ1n) is 15.6. The van der Waals surface area contributed by atoms with Crippen molar-refractivity contribution in [3.05, 3.63) is 94.6 Å². The highest BCUT2D eigenvalue weighted by Crippen LogP contribution is 2.49. The van der Waals surface area contributed by atoms with Gasteiger partial charge in [0.2, 0.25) is 0 Å². The molecule has 2 atom stereocenters. The predicted octanol–water partition coefficient (Wildman–Crippen LogP) is 8.21. The molecular weight excluding hydrogens is 591 g/mol. The van der Waals surface area contributed by atoms with Gasteiger partial charge in [0.05, 0.1) is 17.1 Å². The SMILES string of the molecule is CC(=O)CCCCCCCNC(=O)COC1=CC=C(C=C=CC2=N/C(=C\c3ccc(-c4cccs4)n3B(F)F)C=C2)CC2CC12.[HH]. The van der Waals surface area contributed by atoms with Gasteiger partial charge in [0, 0.05) is 37.0 Å². The molecule has 2 aromatic heterocycles. The zero-order chi connectivity index (χ0) is 31.6. The lowest BCUT2D eigenvalue weighted by Gasteiger charge is -2.10. The van der Waals surface area contributed by atoms with Crippen molar-refractivity contribution in [2.75, 3.05) is 13.2 Å². The molecular formula is C35H40BF2N3O3S. The van der Waals surface area contributed by atoms with E-state index >= 15 is 0 Å². The number of rotatable bonds is 16. The topological polar surface area (TPSA) is 72.7 Å². The van der Waals surface area contributed by atoms with Crippen LogP contribution in [0, 0.1) is 11.8 Å². The van der Waals surface area contributed by atoms with Crippen LogP contribution in [0.15, 0.2) is 93.9 Å². The minimum absolute atomic E-state index is 0. The largest absolute Gasteiger partial charge is 0.678 e. The third kappa shape index (κ3) is 9.49. The Morgan fingerprint density at radius 1 is 1.16 bits per heavy atom. The summed E-state index contributed by atoms with van der Waals surface area (Å²) in [5.74, 6) is 1.85. The average molecular weight is 632 g/mol. The van der Waals surface area contributed by atoms with Crippen LogP contribution in [-0.4, -0.2) is 42.4 Å². The van der Waals surface area contributed by atoms with Crippen LogP contribution in [0.3, 0.4) is 0 Å². The summed E-state index contributed by atoms with van der Waals surface area (Å²) < 4.78 is 34.7. The van der Waals surface area contributed by atoms with Crippen LogP contribution >= 0.6 is 11.3 Å². The number of Topliss-reactive ketones (excluding diaryl/α,β-unsaturated/α-hetero) is 1. The molecule has 45 heavy (non-hydrogen) atoms. The van der Waals surface area contributed by atoms with Gasteiger partial charge in [-0.25, -0.2) is 4.99 Å². The molecule has 3 heterocycles. The number of aromatic nitrogens is 1. The van der Waals surface area contributed by atoms with E-state index < -0.39 is 7.40 Å². The van der Waals surface area contributed by atoms with Gasteiger partial charge in [-0.3, -0.25) is 13.4 Å². The number of amides is 1. The molecule has 236 valence electrons. The first kappa shape index (κ1) is 32.4. The molecule has 1 aliphatic heterocycles. The zero-order valence-corrected chi connectivity index (χ0v) is 26.3. The van der Waals surface area contributed by atoms with Crippen LogP contribution in [-0.2, 0) is 14.3 Å². The number of nitrogens with one attached hydrogen (secondary N) is 1. The quantitative estimate of drug-likeness (QED) is 0.115. The summed E-state index contributed by atoms with van der Waals surface area (Å²) in [6.07, 6.45) is 20.7. The Kier molecular flexibility index (Phi) is 11.4. The van der Waals surface area contributed by atoms with Crippen LogP contribution in [0.2, 0.25) is 0 Å². The van der Waals surface area contributed by atoms with Crippen molar-refractivity contribution >= 4 is 42.2 Å². The van der Waals surface area contributed by atoms with Crippen molar-refractivity contribution in [1.29, 1.82) is 0 Å². The first-order valence-corrected chi connectivity index (χ1v) is 16.5. The predicted molar refractivity (Wildman–Crippen MR) is 180 cm³/mol. The Balaban J connectivity index is 0.00000480. The summed E-state index contributed by atoms with van der Waals surface area (Å²) in [5, 5.41) is 4.81. The molecule has 3 aliphatic rings. The van der Waals surface area contributed by atoms with Crippen molar-refractivity contribution in [1.82, 2.24) is 9.79 Å². The van der Waals surface area contributed by atoms with E-state index in [1.54, 1.807) is 31.2 Å². The van der Waals surface area contributed by atoms with Gasteiger partial charge in [-0.05, 0) is 98.1 Å². The summed E-state index contributed by atoms with van der Waals surface area (Å²) in [4.78, 5) is 28.6. The molecule has 0 bridgehead atoms. The van der Waals surface area contributed by atoms with Crippen molar-refractivity contribution in [3.63, 3.8) is 0 Å². The summed E-state index contributed by atoms with van der Waals surface area (Å²) in [7, 11) is -2.66. The second-order valence-electron chi connectivity index (χ2n) is 11.6. The van der Waals surface area contributed by atoms with Crippen LogP contribution in [0.1, 0.15) is 65.4 Å². The summed E-state index contributed by atoms with van der Waals surface area (Å²) in [5.41, 5.74) is 6.53. The minimum atomic E-state index is -2.66. The number of ether oxygens (including phenoxy) is 1. The second-order valence-corrected chi connectivity index (χ2v) is 12.6. The standard InChI is InChI=1S/C35H38BF2N3O3S.H2/c1-25(42)9-5-3-2-4-6-19-39-35(43)24-44-33-18-13-26(21-27-22-31(27)33)10-7-11-28-14-15-29(40-28)23-30-16-17-32(41(30)36(37)38)34-12-8-20-45-34;/h8,10-18,20,23,27,31H,2-6,9,19,21-22,24H2,1H3,(H,39,43);1H/b29-23-;. The number of hydrogen-bond donors (Lipinski definition) is 1. The van der Waals surface area contributed by atoms with Gasteiger partial charge < -0.3 is 19.3 Å². The van der Waals surface area contributed by atoms with Gasteiger partial charge in [-0.1, -0.05) is 31.4 Å². The van der Waals surface area contributed by atoms with Gasteiger partial charge in [0.25, 0.3) is 5.91 Å². The third-order valence-electron chi connectivity index (χ3n) is 8.04. The normalized spacial score (nSPS) is 19.1. The molecule has 5 rings (SSSR count). The highest BCUT2D eigenvalue weighted by Gasteiger charge is 2.42. The number of allylic oxidation sites excluding steroid dienone is 7. The van der Waals surface area contributed by atoms with Crippen LogP contribution in [0.4, 0.5) is 8.63 Å². The Morgan fingerprint density at radius 2 is 2.00 bits per heavy atom. The van der Waals surface area contributed by atoms with Crippen molar-refractivity contribution in [3.8, 4) is 10.6 Å². The van der Waals surface area contributed by atoms with E-state index in [1.165, 1.54) is 11.3 Å². The number of thiophene rings is 1. The van der Waals surface area contributed by atoms with E-state index in [-0.39, 0.29) is 19.7 Å². The molecule has 2 aromatic rings. The van der Waals surface area contributed by atoms with Gasteiger partial charge in [-0.2, -0.15) is 0 Å². The lowest BCUT2D eigenvalue weighted by Crippen LogP contribution is -2.28. The lowest BCUT2D eigenvalue weighted by atomic mass is 10.1. The van der Waals surface area contributed by atoms with Gasteiger partial charge in [0.1, 0.15) is 11.5 Å². The number of ketones is 1. The first-order chi connectivity index (χ1) is 21.9. The third-order valence-corrected chi connectivity index (χ3v) is 8.93. The Hall–Kier alpha value is -4.01. The Labute approximate surface area is 269 Å². The summed E-state index contributed by atoms with van der Waals surface area (Å²) in [6.45, 7) is 2.28. The molecule has 0 spiro atoms. The average Bonchev–Trinajstić information content (AvgIpc) is 3.35. The summed E-state index contributed by atoms with van der Waals surface area (Å²) in [6, 6.07) is 7.09. The highest BCUT2D eigenvalue weighted by atomic mass is 32.1. The molecule has 1 amide bonds. The lowest BCUT2D eigenvalue weighted by molar-refractivity contribution is -0.124. The van der Waals surface area contributed by atoms with E-state index in [0.717, 1.165) is 65.6 Å². The molecule has 0 radical (unpaired) electrons. The number of unbranched alkanes of at least 4 members (excludes halogenated alkanes) is 4. The fraction of sp³-hybridized carbons (Fsp3) is 0.371. The second kappa shape index (κ2) is 15.8. The van der Waals surface area contributed by atoms with Gasteiger partial charge in [0.15, 0.2) is 6.61 Å². The van der Waals surface area contributed by atoms with Crippen LogP contribution in [0.25, 0.3) is 16.6 Å². The Bertz CT molecular complexity index is 1600. The molecule has 10 heteroatoms. The molecule has 1 N–H and O–H groups in total. The molecule has 1 fully saturated rings. The number of aliphatic imine (C=N–C) groups is 1. The Morgan fingerprint density at radius 3 is 2.80 bits per heavy atom. The van der Waals surface area contributed by atoms with Crippen LogP contribution < -0.4 is 5.32 Å². The summed E-state index contributed by atoms with van der Waals surface area (Å²) >= 11 is 1.43. The van der Waals surface area contributed by atoms with E-state index in [4.69, 9.17) is 4.74 Å². The molecule has 0 aromatic carbocycles. The molecule has 6 nitrogen and oxygen atoms in total. The number of nitrogens with zero attached hydrogens (tertiary/aromatic N) is 2. The monoisotopic (exact) mass is 631 g/mol. The number of carbonyl (C=O) groups excluding carboxylic acids is 2. The van der Waals surface area contributed by atoms with Crippen LogP contribution in [0.5, 0.6) is 0 Å². The number of fused-ring (bicyclic) bond motifs is 1. The zero-order valence-electron chi connectivity index (χ0n) is 25.5. The van der Waals surface area contributed by atoms with Crippen molar-refractivity contribution in [2.24, 2.45) is 16.8 Å². The number of carbonyl (C=O) groups is 2. The highest BCUT2D eigenvalue weighted by molar-refractivity contribution is 7.13. The fourth-order valence-corrected chi connectivity index (χ4v) is 6.34. The fourth-order valence-electron chi connectivity index (χ4n) is 5.59.